The van der Waals surface area contributed by atoms with Crippen LogP contribution in [0.25, 0.3) is 0 Å². The Bertz CT molecular complexity index is 413. The highest BCUT2D eigenvalue weighted by Crippen LogP contribution is 2.34. The summed E-state index contributed by atoms with van der Waals surface area (Å²) in [5.74, 6) is -1.12. The summed E-state index contributed by atoms with van der Waals surface area (Å²) in [6.45, 7) is 1.50. The maximum absolute atomic E-state index is 12.5. The molecule has 1 rings (SSSR count). The predicted octanol–water partition coefficient (Wildman–Crippen LogP) is 1.69. The Labute approximate surface area is 83.9 Å². The van der Waals surface area contributed by atoms with Crippen molar-refractivity contribution in [3.63, 3.8) is 0 Å². The molecule has 3 nitrogen and oxygen atoms in total. The molecule has 1 aromatic rings. The van der Waals surface area contributed by atoms with Crippen LogP contribution < -0.4 is 11.5 Å². The van der Waals surface area contributed by atoms with Crippen LogP contribution in [-0.2, 0) is 6.18 Å². The number of alkyl halides is 3. The Balaban J connectivity index is 3.49. The highest BCUT2D eigenvalue weighted by atomic mass is 19.4. The quantitative estimate of drug-likeness (QED) is 0.704. The van der Waals surface area contributed by atoms with Crippen LogP contribution in [0.1, 0.15) is 21.5 Å². The molecule has 0 aliphatic heterocycles. The zero-order chi connectivity index (χ0) is 11.8. The standard InChI is InChI=1S/C9H9F3N2O/c1-4-2-5(8(14)15)6(3-7(4)13)9(10,11)12/h2-3H,13H2,1H3,(H2,14,15). The molecule has 6 heteroatoms. The van der Waals surface area contributed by atoms with Crippen molar-refractivity contribution in [2.45, 2.75) is 13.1 Å². The summed E-state index contributed by atoms with van der Waals surface area (Å²) in [5, 5.41) is 0. The number of nitrogens with two attached hydrogens (primary N) is 2. The van der Waals surface area contributed by atoms with Crippen LogP contribution in [0, 0.1) is 6.92 Å². The first-order valence-corrected chi connectivity index (χ1v) is 4.00. The summed E-state index contributed by atoms with van der Waals surface area (Å²) in [7, 11) is 0. The minimum atomic E-state index is -4.63. The Hall–Kier alpha value is -1.72. The number of carbonyl (C=O) groups excluding carboxylic acids is 1. The molecule has 0 atom stereocenters. The average molecular weight is 218 g/mol. The largest absolute Gasteiger partial charge is 0.417 e. The minimum absolute atomic E-state index is 0.0210. The number of benzene rings is 1. The highest BCUT2D eigenvalue weighted by Gasteiger charge is 2.35. The van der Waals surface area contributed by atoms with Gasteiger partial charge in [-0.15, -0.1) is 0 Å². The molecule has 0 aliphatic carbocycles. The van der Waals surface area contributed by atoms with Crippen LogP contribution in [0.4, 0.5) is 18.9 Å². The number of halogens is 3. The summed E-state index contributed by atoms with van der Waals surface area (Å²) in [6, 6.07) is 1.76. The Morgan fingerprint density at radius 2 is 1.87 bits per heavy atom. The van der Waals surface area contributed by atoms with Crippen molar-refractivity contribution in [1.82, 2.24) is 0 Å². The lowest BCUT2D eigenvalue weighted by atomic mass is 10.0. The molecule has 0 fully saturated rings. The number of nitrogen functional groups attached to an aromatic ring is 1. The first-order chi connectivity index (χ1) is 6.73. The van der Waals surface area contributed by atoms with Gasteiger partial charge in [-0.25, -0.2) is 0 Å². The molecule has 0 heterocycles. The fourth-order valence-corrected chi connectivity index (χ4v) is 1.16. The number of anilines is 1. The van der Waals surface area contributed by atoms with E-state index in [0.29, 0.717) is 5.56 Å². The number of amides is 1. The molecular formula is C9H9F3N2O. The van der Waals surface area contributed by atoms with E-state index in [1.165, 1.54) is 6.92 Å². The monoisotopic (exact) mass is 218 g/mol. The van der Waals surface area contributed by atoms with E-state index in [0.717, 1.165) is 12.1 Å². The molecule has 0 spiro atoms. The number of primary amides is 1. The summed E-state index contributed by atoms with van der Waals surface area (Å²) < 4.78 is 37.4. The Morgan fingerprint density at radius 1 is 1.33 bits per heavy atom. The second kappa shape index (κ2) is 3.45. The van der Waals surface area contributed by atoms with Crippen molar-refractivity contribution >= 4 is 11.6 Å². The molecule has 4 N–H and O–H groups in total. The predicted molar refractivity (Wildman–Crippen MR) is 49.1 cm³/mol. The lowest BCUT2D eigenvalue weighted by Gasteiger charge is -2.12. The van der Waals surface area contributed by atoms with E-state index < -0.39 is 23.2 Å². The van der Waals surface area contributed by atoms with Crippen molar-refractivity contribution in [3.8, 4) is 0 Å². The van der Waals surface area contributed by atoms with Crippen LogP contribution in [0.2, 0.25) is 0 Å². The molecule has 82 valence electrons. The maximum atomic E-state index is 12.5. The van der Waals surface area contributed by atoms with E-state index in [9.17, 15) is 18.0 Å². The number of hydrogen-bond acceptors (Lipinski definition) is 2. The van der Waals surface area contributed by atoms with E-state index in [-0.39, 0.29) is 5.69 Å². The van der Waals surface area contributed by atoms with Gasteiger partial charge in [0.2, 0.25) is 5.91 Å². The van der Waals surface area contributed by atoms with Crippen LogP contribution >= 0.6 is 0 Å². The number of aryl methyl sites for hydroxylation is 1. The summed E-state index contributed by atoms with van der Waals surface area (Å²) >= 11 is 0. The molecule has 0 bridgehead atoms. The van der Waals surface area contributed by atoms with Gasteiger partial charge in [0.05, 0.1) is 11.1 Å². The third kappa shape index (κ3) is 2.20. The second-order valence-corrected chi connectivity index (χ2v) is 3.12. The smallest absolute Gasteiger partial charge is 0.399 e. The molecule has 0 unspecified atom stereocenters. The molecular weight excluding hydrogens is 209 g/mol. The molecule has 0 aliphatic rings. The van der Waals surface area contributed by atoms with Crippen molar-refractivity contribution < 1.29 is 18.0 Å². The van der Waals surface area contributed by atoms with Gasteiger partial charge < -0.3 is 11.5 Å². The average Bonchev–Trinajstić information content (AvgIpc) is 2.06. The fourth-order valence-electron chi connectivity index (χ4n) is 1.16. The summed E-state index contributed by atoms with van der Waals surface area (Å²) in [5.41, 5.74) is 8.89. The van der Waals surface area contributed by atoms with Crippen LogP contribution in [0.5, 0.6) is 0 Å². The van der Waals surface area contributed by atoms with Crippen LogP contribution in [0.15, 0.2) is 12.1 Å². The van der Waals surface area contributed by atoms with Crippen molar-refractivity contribution in [1.29, 1.82) is 0 Å². The molecule has 0 saturated heterocycles. The zero-order valence-corrected chi connectivity index (χ0v) is 7.85. The number of hydrogen-bond donors (Lipinski definition) is 2. The molecule has 0 radical (unpaired) electrons. The molecule has 0 aromatic heterocycles. The van der Waals surface area contributed by atoms with Gasteiger partial charge in [-0.05, 0) is 24.6 Å². The van der Waals surface area contributed by atoms with E-state index in [1.54, 1.807) is 0 Å². The van der Waals surface area contributed by atoms with Gasteiger partial charge in [0.1, 0.15) is 0 Å². The van der Waals surface area contributed by atoms with E-state index in [4.69, 9.17) is 11.5 Å². The topological polar surface area (TPSA) is 69.1 Å². The van der Waals surface area contributed by atoms with Gasteiger partial charge in [-0.1, -0.05) is 0 Å². The lowest BCUT2D eigenvalue weighted by Crippen LogP contribution is -2.19. The number of carbonyl (C=O) groups is 1. The van der Waals surface area contributed by atoms with Gasteiger partial charge in [-0.3, -0.25) is 4.79 Å². The molecule has 0 saturated carbocycles. The van der Waals surface area contributed by atoms with Gasteiger partial charge >= 0.3 is 6.18 Å². The summed E-state index contributed by atoms with van der Waals surface area (Å²) in [6.07, 6.45) is -4.63. The Morgan fingerprint density at radius 3 is 2.27 bits per heavy atom. The normalized spacial score (nSPS) is 11.5. The third-order valence-electron chi connectivity index (χ3n) is 1.98. The first kappa shape index (κ1) is 11.4. The van der Waals surface area contributed by atoms with Crippen molar-refractivity contribution in [3.05, 3.63) is 28.8 Å². The van der Waals surface area contributed by atoms with E-state index in [2.05, 4.69) is 0 Å². The Kier molecular flexibility index (Phi) is 2.61. The third-order valence-corrected chi connectivity index (χ3v) is 1.98. The van der Waals surface area contributed by atoms with E-state index in [1.807, 2.05) is 0 Å². The minimum Gasteiger partial charge on any atom is -0.399 e. The van der Waals surface area contributed by atoms with Gasteiger partial charge in [0.25, 0.3) is 0 Å². The van der Waals surface area contributed by atoms with Gasteiger partial charge in [0, 0.05) is 5.69 Å². The molecule has 1 aromatic carbocycles. The van der Waals surface area contributed by atoms with Crippen molar-refractivity contribution in [2.75, 3.05) is 5.73 Å². The van der Waals surface area contributed by atoms with Crippen molar-refractivity contribution in [2.24, 2.45) is 5.73 Å². The summed E-state index contributed by atoms with van der Waals surface area (Å²) in [4.78, 5) is 10.8. The highest BCUT2D eigenvalue weighted by molar-refractivity contribution is 5.95. The molecule has 1 amide bonds. The lowest BCUT2D eigenvalue weighted by molar-refractivity contribution is -0.137. The van der Waals surface area contributed by atoms with Gasteiger partial charge in [-0.2, -0.15) is 13.2 Å². The SMILES string of the molecule is Cc1cc(C(N)=O)c(C(F)(F)F)cc1N. The van der Waals surface area contributed by atoms with Crippen LogP contribution in [-0.4, -0.2) is 5.91 Å². The fraction of sp³-hybridized carbons (Fsp3) is 0.222. The second-order valence-electron chi connectivity index (χ2n) is 3.12. The molecule has 15 heavy (non-hydrogen) atoms. The number of rotatable bonds is 1. The van der Waals surface area contributed by atoms with Crippen LogP contribution in [0.3, 0.4) is 0 Å². The first-order valence-electron chi connectivity index (χ1n) is 4.00. The maximum Gasteiger partial charge on any atom is 0.417 e. The zero-order valence-electron chi connectivity index (χ0n) is 7.85. The van der Waals surface area contributed by atoms with E-state index >= 15 is 0 Å². The van der Waals surface area contributed by atoms with Gasteiger partial charge in [0.15, 0.2) is 0 Å².